The fourth-order valence-corrected chi connectivity index (χ4v) is 4.58. The third kappa shape index (κ3) is 4.18. The zero-order valence-electron chi connectivity index (χ0n) is 19.9. The van der Waals surface area contributed by atoms with Gasteiger partial charge in [0.2, 0.25) is 0 Å². The van der Waals surface area contributed by atoms with E-state index >= 15 is 0 Å². The van der Waals surface area contributed by atoms with Gasteiger partial charge in [0.1, 0.15) is 10.9 Å². The van der Waals surface area contributed by atoms with Gasteiger partial charge in [-0.15, -0.1) is 5.10 Å². The Morgan fingerprint density at radius 2 is 2.06 bits per heavy atom. The minimum absolute atomic E-state index is 0.195. The lowest BCUT2D eigenvalue weighted by atomic mass is 9.82. The first-order valence-electron chi connectivity index (χ1n) is 12.0. The fraction of sp³-hybridized carbons (Fsp3) is 0.286. The highest BCUT2D eigenvalue weighted by Crippen LogP contribution is 2.41. The van der Waals surface area contributed by atoms with Crippen molar-refractivity contribution in [1.82, 2.24) is 25.5 Å². The number of amides is 1. The molecule has 0 saturated heterocycles. The highest BCUT2D eigenvalue weighted by molar-refractivity contribution is 5.94. The van der Waals surface area contributed by atoms with Gasteiger partial charge >= 0.3 is 0 Å². The van der Waals surface area contributed by atoms with E-state index in [0.717, 1.165) is 22.3 Å². The molecule has 1 atom stereocenters. The summed E-state index contributed by atoms with van der Waals surface area (Å²) < 4.78 is 5.49. The van der Waals surface area contributed by atoms with Crippen molar-refractivity contribution in [3.8, 4) is 17.3 Å². The zero-order valence-corrected chi connectivity index (χ0v) is 19.9. The standard InChI is InChI=1S/C28H24N6O2/c1-28(15-29)16-36-14-26-22(28)10-20(12-30-26)27(35)31-13-21-11-25-24(34-33-21)8-7-23(32-25)19-4-2-3-18(9-19)17-5-6-17/h2-4,7-12,17H,5-6,13-14,16H2,1H3,(H,31,35)/t28-/m1/s1. The average Bonchev–Trinajstić information content (AvgIpc) is 3.77. The lowest BCUT2D eigenvalue weighted by Gasteiger charge is -2.29. The van der Waals surface area contributed by atoms with E-state index in [-0.39, 0.29) is 19.1 Å². The van der Waals surface area contributed by atoms with Crippen LogP contribution < -0.4 is 5.32 Å². The molecule has 36 heavy (non-hydrogen) atoms. The highest BCUT2D eigenvalue weighted by Gasteiger charge is 2.34. The van der Waals surface area contributed by atoms with Crippen molar-refractivity contribution >= 4 is 16.9 Å². The lowest BCUT2D eigenvalue weighted by molar-refractivity contribution is 0.0726. The number of hydrogen-bond acceptors (Lipinski definition) is 7. The largest absolute Gasteiger partial charge is 0.373 e. The minimum atomic E-state index is -0.831. The molecule has 1 saturated carbocycles. The van der Waals surface area contributed by atoms with E-state index in [0.29, 0.717) is 35.0 Å². The first-order valence-corrected chi connectivity index (χ1v) is 12.0. The summed E-state index contributed by atoms with van der Waals surface area (Å²) in [6, 6.07) is 18.3. The molecule has 4 aromatic rings. The molecule has 1 aromatic carbocycles. The molecule has 0 bridgehead atoms. The van der Waals surface area contributed by atoms with E-state index in [1.807, 2.05) is 18.2 Å². The van der Waals surface area contributed by atoms with Gasteiger partial charge in [0.15, 0.2) is 0 Å². The summed E-state index contributed by atoms with van der Waals surface area (Å²) in [4.78, 5) is 22.1. The quantitative estimate of drug-likeness (QED) is 0.459. The van der Waals surface area contributed by atoms with Crippen molar-refractivity contribution in [3.05, 3.63) is 82.8 Å². The molecular formula is C28H24N6O2. The number of pyridine rings is 2. The predicted molar refractivity (Wildman–Crippen MR) is 133 cm³/mol. The van der Waals surface area contributed by atoms with Crippen LogP contribution in [-0.2, 0) is 23.3 Å². The van der Waals surface area contributed by atoms with Crippen molar-refractivity contribution in [3.63, 3.8) is 0 Å². The summed E-state index contributed by atoms with van der Waals surface area (Å²) in [5, 5.41) is 21.0. The Bertz CT molecular complexity index is 1540. The van der Waals surface area contributed by atoms with Crippen LogP contribution in [0.4, 0.5) is 0 Å². The van der Waals surface area contributed by atoms with E-state index in [1.54, 1.807) is 13.0 Å². The second-order valence-electron chi connectivity index (χ2n) is 9.67. The lowest BCUT2D eigenvalue weighted by Crippen LogP contribution is -2.33. The topological polar surface area (TPSA) is 114 Å². The van der Waals surface area contributed by atoms with Crippen molar-refractivity contribution in [2.45, 2.75) is 44.2 Å². The molecule has 6 rings (SSSR count). The number of hydrogen-bond donors (Lipinski definition) is 1. The number of rotatable bonds is 5. The zero-order chi connectivity index (χ0) is 24.7. The van der Waals surface area contributed by atoms with Crippen molar-refractivity contribution in [2.75, 3.05) is 6.61 Å². The highest BCUT2D eigenvalue weighted by atomic mass is 16.5. The Balaban J connectivity index is 1.21. The summed E-state index contributed by atoms with van der Waals surface area (Å²) in [5.41, 5.74) is 6.35. The number of ether oxygens (including phenoxy) is 1. The Labute approximate surface area is 208 Å². The third-order valence-electron chi connectivity index (χ3n) is 6.86. The Morgan fingerprint density at radius 3 is 2.89 bits per heavy atom. The fourth-order valence-electron chi connectivity index (χ4n) is 4.58. The van der Waals surface area contributed by atoms with Crippen molar-refractivity contribution < 1.29 is 9.53 Å². The van der Waals surface area contributed by atoms with Crippen LogP contribution in [0.25, 0.3) is 22.3 Å². The predicted octanol–water partition coefficient (Wildman–Crippen LogP) is 4.21. The normalized spacial score (nSPS) is 18.9. The van der Waals surface area contributed by atoms with E-state index in [9.17, 15) is 10.1 Å². The van der Waals surface area contributed by atoms with Gasteiger partial charge in [-0.2, -0.15) is 10.4 Å². The number of nitrogens with zero attached hydrogens (tertiary/aromatic N) is 5. The molecule has 2 aliphatic rings. The minimum Gasteiger partial charge on any atom is -0.373 e. The molecular weight excluding hydrogens is 452 g/mol. The summed E-state index contributed by atoms with van der Waals surface area (Å²) in [7, 11) is 0. The van der Waals surface area contributed by atoms with Gasteiger partial charge in [-0.1, -0.05) is 18.2 Å². The number of carbonyl (C=O) groups excluding carboxylic acids is 1. The summed E-state index contributed by atoms with van der Waals surface area (Å²) >= 11 is 0. The summed E-state index contributed by atoms with van der Waals surface area (Å²) in [5.74, 6) is 0.386. The van der Waals surface area contributed by atoms with Crippen LogP contribution in [0, 0.1) is 11.3 Å². The van der Waals surface area contributed by atoms with Crippen LogP contribution in [0.2, 0.25) is 0 Å². The average molecular weight is 477 g/mol. The van der Waals surface area contributed by atoms with Gasteiger partial charge < -0.3 is 10.1 Å². The van der Waals surface area contributed by atoms with E-state index in [4.69, 9.17) is 9.72 Å². The van der Waals surface area contributed by atoms with E-state index in [2.05, 4.69) is 50.8 Å². The monoisotopic (exact) mass is 476 g/mol. The molecule has 0 unspecified atom stereocenters. The number of fused-ring (bicyclic) bond motifs is 2. The number of benzene rings is 1. The van der Waals surface area contributed by atoms with Gasteiger partial charge in [-0.05, 0) is 67.1 Å². The molecule has 8 heteroatoms. The van der Waals surface area contributed by atoms with Gasteiger partial charge in [0.25, 0.3) is 5.91 Å². The van der Waals surface area contributed by atoms with Gasteiger partial charge in [0.05, 0.1) is 54.0 Å². The number of nitrogens with one attached hydrogen (secondary N) is 1. The van der Waals surface area contributed by atoms with Gasteiger partial charge in [0, 0.05) is 11.8 Å². The molecule has 1 N–H and O–H groups in total. The van der Waals surface area contributed by atoms with Gasteiger partial charge in [-0.25, -0.2) is 4.98 Å². The first-order chi connectivity index (χ1) is 17.5. The van der Waals surface area contributed by atoms with Crippen LogP contribution in [0.5, 0.6) is 0 Å². The molecule has 1 aliphatic carbocycles. The first kappa shape index (κ1) is 22.3. The van der Waals surface area contributed by atoms with E-state index in [1.165, 1.54) is 24.6 Å². The number of carbonyl (C=O) groups is 1. The van der Waals surface area contributed by atoms with Crippen LogP contribution in [0.3, 0.4) is 0 Å². The second-order valence-corrected chi connectivity index (χ2v) is 9.67. The molecule has 178 valence electrons. The van der Waals surface area contributed by atoms with Crippen LogP contribution in [0.1, 0.15) is 58.6 Å². The molecule has 0 spiro atoms. The SMILES string of the molecule is C[C@@]1(C#N)COCc2ncc(C(=O)NCc3cc4nc(-c5cccc(C6CC6)c5)ccc4nn3)cc21. The van der Waals surface area contributed by atoms with Gasteiger partial charge in [-0.3, -0.25) is 9.78 Å². The molecule has 4 heterocycles. The molecule has 0 radical (unpaired) electrons. The molecule has 1 amide bonds. The summed E-state index contributed by atoms with van der Waals surface area (Å²) in [6.07, 6.45) is 4.02. The molecule has 3 aromatic heterocycles. The Hall–Kier alpha value is -4.22. The molecule has 8 nitrogen and oxygen atoms in total. The number of aromatic nitrogens is 4. The maximum absolute atomic E-state index is 12.9. The smallest absolute Gasteiger partial charge is 0.253 e. The summed E-state index contributed by atoms with van der Waals surface area (Å²) in [6.45, 7) is 2.60. The van der Waals surface area contributed by atoms with Crippen molar-refractivity contribution in [1.29, 1.82) is 5.26 Å². The maximum atomic E-state index is 12.9. The van der Waals surface area contributed by atoms with Crippen LogP contribution in [0.15, 0.2) is 54.7 Å². The second kappa shape index (κ2) is 8.77. The maximum Gasteiger partial charge on any atom is 0.253 e. The van der Waals surface area contributed by atoms with Crippen LogP contribution in [-0.4, -0.2) is 32.7 Å². The van der Waals surface area contributed by atoms with E-state index < -0.39 is 5.41 Å². The van der Waals surface area contributed by atoms with Crippen LogP contribution >= 0.6 is 0 Å². The van der Waals surface area contributed by atoms with Crippen molar-refractivity contribution in [2.24, 2.45) is 0 Å². The number of nitriles is 1. The third-order valence-corrected chi connectivity index (χ3v) is 6.86. The molecule has 1 fully saturated rings. The Kier molecular flexibility index (Phi) is 5.42. The molecule has 1 aliphatic heterocycles. The Morgan fingerprint density at radius 1 is 1.17 bits per heavy atom.